The van der Waals surface area contributed by atoms with Crippen LogP contribution < -0.4 is 10.1 Å². The Balaban J connectivity index is 1.96. The monoisotopic (exact) mass is 447 g/mol. The number of ether oxygens (including phenoxy) is 2. The molecule has 12 heteroatoms. The van der Waals surface area contributed by atoms with E-state index in [4.69, 9.17) is 9.47 Å². The van der Waals surface area contributed by atoms with Gasteiger partial charge in [-0.1, -0.05) is 6.07 Å². The van der Waals surface area contributed by atoms with Crippen molar-refractivity contribution in [3.63, 3.8) is 0 Å². The van der Waals surface area contributed by atoms with Gasteiger partial charge in [-0.15, -0.1) is 0 Å². The number of nitro benzene ring substituents is 1. The molecule has 166 valence electrons. The van der Waals surface area contributed by atoms with Crippen LogP contribution in [0.4, 0.5) is 24.1 Å². The lowest BCUT2D eigenvalue weighted by Crippen LogP contribution is -2.51. The summed E-state index contributed by atoms with van der Waals surface area (Å²) in [7, 11) is 1.07. The van der Waals surface area contributed by atoms with Crippen molar-refractivity contribution < 1.29 is 37.6 Å². The number of hydrogen-bond donors (Lipinski definition) is 1. The van der Waals surface area contributed by atoms with Crippen LogP contribution in [0.25, 0.3) is 0 Å². The number of allylic oxidation sites excluding steroid dienone is 1. The summed E-state index contributed by atoms with van der Waals surface area (Å²) < 4.78 is 36.8. The highest BCUT2D eigenvalue weighted by molar-refractivity contribution is 6.01. The number of imide groups is 1. The Morgan fingerprint density at radius 3 is 2.34 bits per heavy atom. The van der Waals surface area contributed by atoms with Crippen molar-refractivity contribution in [3.05, 3.63) is 81.0 Å². The normalized spacial score (nSPS) is 15.8. The van der Waals surface area contributed by atoms with Crippen molar-refractivity contribution in [2.45, 2.75) is 13.0 Å². The molecule has 3 rings (SSSR count). The molecule has 0 fully saturated rings. The number of urea groups is 1. The number of nitro groups is 1. The number of hydrogen-bond acceptors (Lipinski definition) is 7. The molecule has 1 N–H and O–H groups in total. The summed E-state index contributed by atoms with van der Waals surface area (Å²) in [6.45, 7) is 1.27. The van der Waals surface area contributed by atoms with Crippen LogP contribution >= 0.6 is 0 Å². The highest BCUT2D eigenvalue weighted by atomic mass is 19.2. The Labute approximate surface area is 179 Å². The van der Waals surface area contributed by atoms with Crippen LogP contribution in [-0.4, -0.2) is 35.0 Å². The molecular weight excluding hydrogens is 432 g/mol. The van der Waals surface area contributed by atoms with Crippen molar-refractivity contribution in [3.8, 4) is 5.75 Å². The average Bonchev–Trinajstić information content (AvgIpc) is 2.75. The van der Waals surface area contributed by atoms with E-state index in [0.29, 0.717) is 4.90 Å². The highest BCUT2D eigenvalue weighted by Crippen LogP contribution is 2.32. The van der Waals surface area contributed by atoms with Crippen LogP contribution in [0.5, 0.6) is 5.75 Å². The third kappa shape index (κ3) is 4.24. The lowest BCUT2D eigenvalue weighted by atomic mass is 9.95. The van der Waals surface area contributed by atoms with Crippen LogP contribution in [0.15, 0.2) is 53.7 Å². The Kier molecular flexibility index (Phi) is 6.14. The van der Waals surface area contributed by atoms with Gasteiger partial charge in [0.2, 0.25) is 0 Å². The van der Waals surface area contributed by atoms with Gasteiger partial charge in [-0.05, 0) is 36.8 Å². The minimum Gasteiger partial charge on any atom is -0.466 e. The van der Waals surface area contributed by atoms with Gasteiger partial charge >= 0.3 is 18.1 Å². The molecule has 32 heavy (non-hydrogen) atoms. The maximum Gasteiger partial charge on any atom is 0.427 e. The van der Waals surface area contributed by atoms with Gasteiger partial charge < -0.3 is 14.8 Å². The number of nitrogens with one attached hydrogen (secondary N) is 1. The topological polar surface area (TPSA) is 128 Å². The van der Waals surface area contributed by atoms with E-state index in [-0.39, 0.29) is 28.3 Å². The summed E-state index contributed by atoms with van der Waals surface area (Å²) >= 11 is 0. The largest absolute Gasteiger partial charge is 0.466 e. The lowest BCUT2D eigenvalue weighted by molar-refractivity contribution is -0.384. The molecule has 1 atom stereocenters. The molecule has 0 saturated heterocycles. The predicted molar refractivity (Wildman–Crippen MR) is 103 cm³/mol. The Morgan fingerprint density at radius 1 is 1.12 bits per heavy atom. The number of carbonyl (C=O) groups excluding carboxylic acids is 3. The van der Waals surface area contributed by atoms with Gasteiger partial charge in [-0.25, -0.2) is 28.1 Å². The maximum absolute atomic E-state index is 13.7. The van der Waals surface area contributed by atoms with Crippen molar-refractivity contribution in [2.24, 2.45) is 0 Å². The first kappa shape index (κ1) is 22.3. The van der Waals surface area contributed by atoms with Crippen LogP contribution in [0.1, 0.15) is 18.5 Å². The smallest absolute Gasteiger partial charge is 0.427 e. The number of non-ortho nitro benzene ring substituents is 1. The molecule has 10 nitrogen and oxygen atoms in total. The Morgan fingerprint density at radius 2 is 1.78 bits per heavy atom. The number of esters is 1. The molecule has 0 saturated carbocycles. The lowest BCUT2D eigenvalue weighted by Gasteiger charge is -2.33. The molecule has 3 amide bonds. The summed E-state index contributed by atoms with van der Waals surface area (Å²) in [5, 5.41) is 13.1. The van der Waals surface area contributed by atoms with E-state index >= 15 is 0 Å². The minimum atomic E-state index is -1.23. The minimum absolute atomic E-state index is 0.0420. The van der Waals surface area contributed by atoms with Crippen LogP contribution in [0.3, 0.4) is 0 Å². The van der Waals surface area contributed by atoms with E-state index in [0.717, 1.165) is 43.5 Å². The summed E-state index contributed by atoms with van der Waals surface area (Å²) in [5.74, 6) is -3.34. The van der Waals surface area contributed by atoms with E-state index in [1.165, 1.54) is 13.0 Å². The van der Waals surface area contributed by atoms with Gasteiger partial charge in [0, 0.05) is 17.8 Å². The number of nitrogens with zero attached hydrogens (tertiary/aromatic N) is 2. The van der Waals surface area contributed by atoms with Gasteiger partial charge in [-0.2, -0.15) is 0 Å². The molecule has 1 heterocycles. The molecule has 1 aliphatic rings. The van der Waals surface area contributed by atoms with Gasteiger partial charge in [-0.3, -0.25) is 10.1 Å². The molecule has 1 unspecified atom stereocenters. The van der Waals surface area contributed by atoms with E-state index in [1.807, 2.05) is 0 Å². The molecule has 0 bridgehead atoms. The van der Waals surface area contributed by atoms with Gasteiger partial charge in [0.25, 0.3) is 5.69 Å². The number of rotatable bonds is 4. The van der Waals surface area contributed by atoms with Crippen molar-refractivity contribution in [1.82, 2.24) is 10.2 Å². The van der Waals surface area contributed by atoms with E-state index in [2.05, 4.69) is 5.32 Å². The number of carbonyl (C=O) groups is 3. The fourth-order valence-corrected chi connectivity index (χ4v) is 3.06. The Bertz CT molecular complexity index is 1150. The van der Waals surface area contributed by atoms with Gasteiger partial charge in [0.1, 0.15) is 5.75 Å². The molecule has 0 radical (unpaired) electrons. The molecule has 0 aliphatic carbocycles. The van der Waals surface area contributed by atoms with Gasteiger partial charge in [0.15, 0.2) is 11.6 Å². The molecule has 1 aliphatic heterocycles. The van der Waals surface area contributed by atoms with Crippen LogP contribution in [0.2, 0.25) is 0 Å². The number of benzene rings is 2. The molecular formula is C20H15F2N3O7. The van der Waals surface area contributed by atoms with E-state index < -0.39 is 40.7 Å². The molecule has 0 aromatic heterocycles. The fourth-order valence-electron chi connectivity index (χ4n) is 3.06. The number of halogens is 2. The third-order valence-electron chi connectivity index (χ3n) is 4.60. The second kappa shape index (κ2) is 8.79. The average molecular weight is 447 g/mol. The second-order valence-corrected chi connectivity index (χ2v) is 6.50. The van der Waals surface area contributed by atoms with Crippen molar-refractivity contribution in [1.29, 1.82) is 0 Å². The SMILES string of the molecule is COC(=O)C1=C(C)N(C(=O)Oc2ccc([N+](=O)[O-])cc2)C(=O)NC1c1ccc(F)c(F)c1. The first-order valence-electron chi connectivity index (χ1n) is 8.95. The standard InChI is InChI=1S/C20H15F2N3O7/c1-10-16(18(26)31-2)17(11-3-8-14(21)15(22)9-11)23-19(27)24(10)20(28)32-13-6-4-12(5-7-13)25(29)30/h3-9,17H,1-2H3,(H,23,27). The first-order valence-corrected chi connectivity index (χ1v) is 8.95. The predicted octanol–water partition coefficient (Wildman–Crippen LogP) is 3.59. The number of methoxy groups -OCH3 is 1. The van der Waals surface area contributed by atoms with E-state index in [9.17, 15) is 33.3 Å². The van der Waals surface area contributed by atoms with Crippen molar-refractivity contribution >= 4 is 23.8 Å². The second-order valence-electron chi connectivity index (χ2n) is 6.50. The van der Waals surface area contributed by atoms with Crippen LogP contribution in [-0.2, 0) is 9.53 Å². The molecule has 2 aromatic rings. The summed E-state index contributed by atoms with van der Waals surface area (Å²) in [6.07, 6.45) is -1.21. The quantitative estimate of drug-likeness (QED) is 0.431. The van der Waals surface area contributed by atoms with Crippen molar-refractivity contribution in [2.75, 3.05) is 7.11 Å². The summed E-state index contributed by atoms with van der Waals surface area (Å²) in [4.78, 5) is 48.3. The first-order chi connectivity index (χ1) is 15.1. The fraction of sp³-hybridized carbons (Fsp3) is 0.150. The molecule has 0 spiro atoms. The highest BCUT2D eigenvalue weighted by Gasteiger charge is 2.40. The molecule has 2 aromatic carbocycles. The van der Waals surface area contributed by atoms with Gasteiger partial charge in [0.05, 0.1) is 23.6 Å². The van der Waals surface area contributed by atoms with Crippen LogP contribution in [0, 0.1) is 21.7 Å². The summed E-state index contributed by atoms with van der Waals surface area (Å²) in [5.41, 5.74) is -0.569. The third-order valence-corrected chi connectivity index (χ3v) is 4.60. The summed E-state index contributed by atoms with van der Waals surface area (Å²) in [6, 6.07) is 5.08. The zero-order valence-electron chi connectivity index (χ0n) is 16.6. The maximum atomic E-state index is 13.7. The zero-order valence-corrected chi connectivity index (χ0v) is 16.6. The zero-order chi connectivity index (χ0) is 23.6. The number of amides is 3. The Hall–Kier alpha value is -4.35. The van der Waals surface area contributed by atoms with E-state index in [1.54, 1.807) is 0 Å².